The van der Waals surface area contributed by atoms with Gasteiger partial charge < -0.3 is 8.23 Å². The molecule has 0 saturated heterocycles. The Labute approximate surface area is 161 Å². The third-order valence-corrected chi connectivity index (χ3v) is 12.0. The van der Waals surface area contributed by atoms with E-state index in [2.05, 4.69) is 13.2 Å². The van der Waals surface area contributed by atoms with E-state index in [9.17, 15) is 0 Å². The molecule has 0 spiro atoms. The summed E-state index contributed by atoms with van der Waals surface area (Å²) in [6.45, 7) is 7.52. The minimum absolute atomic E-state index is 0.163. The Kier molecular flexibility index (Phi) is 23.5. The van der Waals surface area contributed by atoms with Crippen molar-refractivity contribution in [1.29, 1.82) is 0 Å². The van der Waals surface area contributed by atoms with Crippen LogP contribution >= 0.6 is 0 Å². The van der Waals surface area contributed by atoms with Gasteiger partial charge >= 0.3 is 0 Å². The first-order valence-electron chi connectivity index (χ1n) is 10.3. The number of rotatable bonds is 21. The van der Waals surface area contributed by atoms with Gasteiger partial charge in [0.15, 0.2) is 0 Å². The molecular weight excluding hydrogens is 361 g/mol. The van der Waals surface area contributed by atoms with Gasteiger partial charge in [-0.3, -0.25) is 0 Å². The van der Waals surface area contributed by atoms with E-state index in [0.29, 0.717) is 0 Å². The zero-order valence-corrected chi connectivity index (χ0v) is 21.8. The highest BCUT2D eigenvalue weighted by Crippen LogP contribution is 2.07. The number of hydrogen-bond donors (Lipinski definition) is 0. The number of unbranched alkanes of at least 4 members (excludes halogenated alkanes) is 7. The van der Waals surface area contributed by atoms with E-state index in [1.165, 1.54) is 88.4 Å². The van der Waals surface area contributed by atoms with E-state index in [1.807, 2.05) is 12.2 Å². The summed E-state index contributed by atoms with van der Waals surface area (Å²) in [5.74, 6) is 0. The third kappa shape index (κ3) is 22.3. The van der Waals surface area contributed by atoms with E-state index >= 15 is 0 Å². The fourth-order valence-corrected chi connectivity index (χ4v) is 9.79. The Hall–Kier alpha value is 0.268. The molecule has 6 heteroatoms. The molecule has 0 amide bonds. The molecule has 24 heavy (non-hydrogen) atoms. The van der Waals surface area contributed by atoms with Crippen molar-refractivity contribution in [2.24, 2.45) is 0 Å². The van der Waals surface area contributed by atoms with Gasteiger partial charge in [0.25, 0.3) is 0 Å². The second kappa shape index (κ2) is 23.3. The van der Waals surface area contributed by atoms with Crippen LogP contribution in [0.15, 0.2) is 25.3 Å². The Morgan fingerprint density at radius 2 is 0.833 bits per heavy atom. The second-order valence-electron chi connectivity index (χ2n) is 6.62. The minimum atomic E-state index is -0.164. The van der Waals surface area contributed by atoms with Crippen LogP contribution in [-0.2, 0) is 8.23 Å². The van der Waals surface area contributed by atoms with Crippen LogP contribution in [0.5, 0.6) is 0 Å². The average Bonchev–Trinajstić information content (AvgIpc) is 2.60. The fraction of sp³-hybridized carbons (Fsp3) is 0.778. The molecule has 0 saturated carbocycles. The van der Waals surface area contributed by atoms with Crippen LogP contribution in [0.3, 0.4) is 0 Å². The van der Waals surface area contributed by atoms with Gasteiger partial charge in [0.2, 0.25) is 0 Å². The average molecular weight is 403 g/mol. The van der Waals surface area contributed by atoms with E-state index in [1.54, 1.807) is 0 Å². The number of allylic oxidation sites excluding steroid dienone is 2. The molecule has 0 aliphatic rings. The first kappa shape index (κ1) is 24.3. The van der Waals surface area contributed by atoms with Crippen molar-refractivity contribution in [1.82, 2.24) is 0 Å². The zero-order chi connectivity index (χ0) is 17.6. The van der Waals surface area contributed by atoms with Crippen LogP contribution in [0.4, 0.5) is 0 Å². The maximum absolute atomic E-state index is 5.96. The van der Waals surface area contributed by atoms with Gasteiger partial charge in [-0.2, -0.15) is 0 Å². The summed E-state index contributed by atoms with van der Waals surface area (Å²) in [6.07, 6.45) is 17.4. The van der Waals surface area contributed by atoms with Gasteiger partial charge in [0.05, 0.1) is 0 Å². The molecular formula is C18H42O2Si4. The molecule has 0 atom stereocenters. The molecule has 142 valence electrons. The fourth-order valence-electron chi connectivity index (χ4n) is 2.66. The lowest BCUT2D eigenvalue weighted by atomic mass is 10.2. The molecule has 0 rings (SSSR count). The lowest BCUT2D eigenvalue weighted by molar-refractivity contribution is 0.601. The summed E-state index contributed by atoms with van der Waals surface area (Å²) in [6, 6.07) is 5.57. The predicted octanol–water partition coefficient (Wildman–Crippen LogP) is 3.30. The van der Waals surface area contributed by atoms with Gasteiger partial charge in [0.1, 0.15) is 39.1 Å². The summed E-state index contributed by atoms with van der Waals surface area (Å²) >= 11 is 0. The molecule has 0 radical (unpaired) electrons. The molecule has 0 heterocycles. The van der Waals surface area contributed by atoms with Crippen LogP contribution in [0, 0.1) is 0 Å². The monoisotopic (exact) mass is 402 g/mol. The molecule has 0 aliphatic carbocycles. The molecule has 0 aromatic heterocycles. The zero-order valence-electron chi connectivity index (χ0n) is 16.1. The molecule has 0 N–H and O–H groups in total. The Morgan fingerprint density at radius 1 is 0.500 bits per heavy atom. The van der Waals surface area contributed by atoms with Crippen molar-refractivity contribution < 1.29 is 8.23 Å². The molecule has 0 fully saturated rings. The first-order chi connectivity index (χ1) is 11.9. The Balaban J connectivity index is 2.95. The summed E-state index contributed by atoms with van der Waals surface area (Å²) in [5, 5.41) is 0. The summed E-state index contributed by atoms with van der Waals surface area (Å²) < 4.78 is 11.9. The smallest absolute Gasteiger partial charge is 0.146 e. The van der Waals surface area contributed by atoms with E-state index in [4.69, 9.17) is 8.23 Å². The van der Waals surface area contributed by atoms with Crippen LogP contribution in [0.2, 0.25) is 24.2 Å². The first-order valence-corrected chi connectivity index (χ1v) is 16.6. The Morgan fingerprint density at radius 3 is 1.17 bits per heavy atom. The number of hydrogen-bond acceptors (Lipinski definition) is 2. The van der Waals surface area contributed by atoms with E-state index in [0.717, 1.165) is 0 Å². The second-order valence-corrected chi connectivity index (χ2v) is 14.3. The highest BCUT2D eigenvalue weighted by atomic mass is 28.3. The largest absolute Gasteiger partial charge is 0.465 e. The SMILES string of the molecule is C=CCCCC[SiH2]O[SiH2]CCCCCC[SiH2]O[SiH2]CCCCC=C. The molecule has 0 unspecified atom stereocenters. The molecule has 0 aromatic rings. The van der Waals surface area contributed by atoms with Crippen molar-refractivity contribution in [3.05, 3.63) is 25.3 Å². The van der Waals surface area contributed by atoms with Gasteiger partial charge in [-0.1, -0.05) is 63.5 Å². The van der Waals surface area contributed by atoms with E-state index < -0.39 is 0 Å². The van der Waals surface area contributed by atoms with Crippen LogP contribution < -0.4 is 0 Å². The lowest BCUT2D eigenvalue weighted by Gasteiger charge is -2.05. The lowest BCUT2D eigenvalue weighted by Crippen LogP contribution is -2.04. The maximum atomic E-state index is 5.96. The molecule has 0 aliphatic heterocycles. The van der Waals surface area contributed by atoms with Crippen LogP contribution in [0.1, 0.15) is 64.2 Å². The minimum Gasteiger partial charge on any atom is -0.465 e. The van der Waals surface area contributed by atoms with Gasteiger partial charge in [-0.25, -0.2) is 0 Å². The van der Waals surface area contributed by atoms with Crippen molar-refractivity contribution in [2.45, 2.75) is 88.4 Å². The maximum Gasteiger partial charge on any atom is 0.146 e. The van der Waals surface area contributed by atoms with Crippen molar-refractivity contribution in [3.8, 4) is 0 Å². The Bertz CT molecular complexity index is 239. The quantitative estimate of drug-likeness (QED) is 0.167. The van der Waals surface area contributed by atoms with Crippen LogP contribution in [0.25, 0.3) is 0 Å². The van der Waals surface area contributed by atoms with Gasteiger partial charge in [0, 0.05) is 0 Å². The summed E-state index contributed by atoms with van der Waals surface area (Å²) in [5.41, 5.74) is 0. The highest BCUT2D eigenvalue weighted by molar-refractivity contribution is 6.43. The molecule has 0 aromatic carbocycles. The van der Waals surface area contributed by atoms with E-state index in [-0.39, 0.29) is 39.1 Å². The van der Waals surface area contributed by atoms with Crippen LogP contribution in [-0.4, -0.2) is 39.1 Å². The van der Waals surface area contributed by atoms with Crippen molar-refractivity contribution in [2.75, 3.05) is 0 Å². The van der Waals surface area contributed by atoms with Gasteiger partial charge in [-0.05, 0) is 37.0 Å². The summed E-state index contributed by atoms with van der Waals surface area (Å²) in [4.78, 5) is 0. The molecule has 0 bridgehead atoms. The summed E-state index contributed by atoms with van der Waals surface area (Å²) in [7, 11) is -0.655. The van der Waals surface area contributed by atoms with Gasteiger partial charge in [-0.15, -0.1) is 13.2 Å². The van der Waals surface area contributed by atoms with Crippen molar-refractivity contribution >= 4 is 39.1 Å². The normalized spacial score (nSPS) is 12.8. The topological polar surface area (TPSA) is 18.5 Å². The van der Waals surface area contributed by atoms with Crippen molar-refractivity contribution in [3.63, 3.8) is 0 Å². The molecule has 2 nitrogen and oxygen atoms in total. The standard InChI is InChI=1S/C18H42O2Si4/c1-3-5-7-11-15-21-19-23-17-13-9-10-14-18-24-20-22-16-12-8-6-4-2/h3-4H,1-2,5-18,21-24H2. The predicted molar refractivity (Wildman–Crippen MR) is 122 cm³/mol. The third-order valence-electron chi connectivity index (χ3n) is 4.22. The highest BCUT2D eigenvalue weighted by Gasteiger charge is 1.96.